The highest BCUT2D eigenvalue weighted by molar-refractivity contribution is 4.61. The molecule has 0 aromatic carbocycles. The molecule has 0 saturated carbocycles. The summed E-state index contributed by atoms with van der Waals surface area (Å²) >= 11 is 0. The molecule has 3 heteroatoms. The summed E-state index contributed by atoms with van der Waals surface area (Å²) < 4.78 is 10.3. The van der Waals surface area contributed by atoms with E-state index in [9.17, 15) is 0 Å². The first-order valence-corrected chi connectivity index (χ1v) is 3.24. The van der Waals surface area contributed by atoms with E-state index in [2.05, 4.69) is 0 Å². The van der Waals surface area contributed by atoms with Crippen molar-refractivity contribution in [1.82, 2.24) is 0 Å². The third-order valence-electron chi connectivity index (χ3n) is 1.35. The molecule has 54 valence electrons. The molecule has 0 radical (unpaired) electrons. The van der Waals surface area contributed by atoms with Crippen molar-refractivity contribution in [3.8, 4) is 0 Å². The van der Waals surface area contributed by atoms with Gasteiger partial charge in [-0.25, -0.2) is 0 Å². The number of rotatable bonds is 2. The van der Waals surface area contributed by atoms with Gasteiger partial charge in [0.05, 0.1) is 13.2 Å². The van der Waals surface area contributed by atoms with Crippen LogP contribution in [-0.2, 0) is 9.47 Å². The van der Waals surface area contributed by atoms with Gasteiger partial charge in [-0.2, -0.15) is 0 Å². The van der Waals surface area contributed by atoms with Crippen LogP contribution in [0.2, 0.25) is 0 Å². The zero-order chi connectivity index (χ0) is 6.69. The summed E-state index contributed by atoms with van der Waals surface area (Å²) in [5.41, 5.74) is 0. The predicted molar refractivity (Wildman–Crippen MR) is 32.0 cm³/mol. The Morgan fingerprint density at radius 2 is 2.44 bits per heavy atom. The summed E-state index contributed by atoms with van der Waals surface area (Å²) in [5.74, 6) is 0. The maximum atomic E-state index is 8.57. The van der Waals surface area contributed by atoms with Crippen LogP contribution in [0.15, 0.2) is 0 Å². The number of ether oxygens (including phenoxy) is 2. The number of aliphatic hydroxyl groups is 1. The number of hydrogen-bond donors (Lipinski definition) is 1. The molecular formula is C6H12O3. The monoisotopic (exact) mass is 132 g/mol. The zero-order valence-electron chi connectivity index (χ0n) is 5.54. The number of aliphatic hydroxyl groups excluding tert-OH is 1. The second-order valence-corrected chi connectivity index (χ2v) is 2.11. The second-order valence-electron chi connectivity index (χ2n) is 2.11. The Balaban J connectivity index is 2.20. The molecule has 1 unspecified atom stereocenters. The Labute approximate surface area is 54.6 Å². The van der Waals surface area contributed by atoms with Gasteiger partial charge in [0.25, 0.3) is 0 Å². The van der Waals surface area contributed by atoms with E-state index in [1.165, 1.54) is 0 Å². The van der Waals surface area contributed by atoms with Gasteiger partial charge in [0.15, 0.2) is 6.29 Å². The van der Waals surface area contributed by atoms with Crippen LogP contribution >= 0.6 is 0 Å². The van der Waals surface area contributed by atoms with E-state index < -0.39 is 0 Å². The van der Waals surface area contributed by atoms with E-state index in [0.717, 1.165) is 6.42 Å². The van der Waals surface area contributed by atoms with E-state index in [4.69, 9.17) is 14.6 Å². The molecule has 3 nitrogen and oxygen atoms in total. The lowest BCUT2D eigenvalue weighted by molar-refractivity contribution is -0.0659. The molecule has 9 heavy (non-hydrogen) atoms. The quantitative estimate of drug-likeness (QED) is 0.580. The van der Waals surface area contributed by atoms with Crippen molar-refractivity contribution >= 4 is 0 Å². The topological polar surface area (TPSA) is 38.7 Å². The molecule has 0 amide bonds. The summed E-state index contributed by atoms with van der Waals surface area (Å²) in [7, 11) is 0. The molecule has 0 aliphatic carbocycles. The summed E-state index contributed by atoms with van der Waals surface area (Å²) in [5, 5.41) is 8.57. The summed E-state index contributed by atoms with van der Waals surface area (Å²) in [6.45, 7) is 2.59. The van der Waals surface area contributed by atoms with Gasteiger partial charge >= 0.3 is 0 Å². The van der Waals surface area contributed by atoms with Crippen molar-refractivity contribution < 1.29 is 14.6 Å². The van der Waals surface area contributed by atoms with E-state index in [0.29, 0.717) is 6.61 Å². The smallest absolute Gasteiger partial charge is 0.158 e. The minimum Gasteiger partial charge on any atom is -0.394 e. The lowest BCUT2D eigenvalue weighted by Crippen LogP contribution is -2.15. The molecule has 1 fully saturated rings. The molecule has 1 aliphatic heterocycles. The van der Waals surface area contributed by atoms with E-state index in [1.807, 2.05) is 6.92 Å². The molecule has 1 aliphatic rings. The molecule has 1 rings (SSSR count). The highest BCUT2D eigenvalue weighted by Gasteiger charge is 2.22. The van der Waals surface area contributed by atoms with E-state index >= 15 is 0 Å². The fourth-order valence-electron chi connectivity index (χ4n) is 0.818. The molecule has 0 spiro atoms. The van der Waals surface area contributed by atoms with Gasteiger partial charge in [0.2, 0.25) is 0 Å². The van der Waals surface area contributed by atoms with Gasteiger partial charge in [-0.05, 0) is 6.42 Å². The third-order valence-corrected chi connectivity index (χ3v) is 1.35. The van der Waals surface area contributed by atoms with Gasteiger partial charge in [-0.15, -0.1) is 0 Å². The summed E-state index contributed by atoms with van der Waals surface area (Å²) in [6, 6.07) is 0. The predicted octanol–water partition coefficient (Wildman–Crippen LogP) is 0.130. The van der Waals surface area contributed by atoms with Crippen LogP contribution in [0, 0.1) is 0 Å². The van der Waals surface area contributed by atoms with Crippen LogP contribution in [0.25, 0.3) is 0 Å². The molecule has 1 heterocycles. The van der Waals surface area contributed by atoms with Gasteiger partial charge in [-0.3, -0.25) is 0 Å². The molecule has 0 aromatic rings. The minimum atomic E-state index is -0.0880. The normalized spacial score (nSPS) is 35.3. The van der Waals surface area contributed by atoms with Crippen molar-refractivity contribution in [2.75, 3.05) is 13.2 Å². The van der Waals surface area contributed by atoms with Crippen LogP contribution in [0.5, 0.6) is 0 Å². The Kier molecular flexibility index (Phi) is 2.45. The summed E-state index contributed by atoms with van der Waals surface area (Å²) in [6.07, 6.45) is 0.688. The Bertz CT molecular complexity index is 74.4. The molecule has 1 N–H and O–H groups in total. The Morgan fingerprint density at radius 3 is 2.78 bits per heavy atom. The van der Waals surface area contributed by atoms with Gasteiger partial charge < -0.3 is 14.6 Å². The van der Waals surface area contributed by atoms with Gasteiger partial charge in [0, 0.05) is 0 Å². The number of hydrogen-bond acceptors (Lipinski definition) is 3. The molecular weight excluding hydrogens is 120 g/mol. The lowest BCUT2D eigenvalue weighted by Gasteiger charge is -2.05. The maximum Gasteiger partial charge on any atom is 0.158 e. The fraction of sp³-hybridized carbons (Fsp3) is 1.00. The fourth-order valence-corrected chi connectivity index (χ4v) is 0.818. The molecule has 0 bridgehead atoms. The van der Waals surface area contributed by atoms with Crippen LogP contribution in [-0.4, -0.2) is 30.7 Å². The lowest BCUT2D eigenvalue weighted by atomic mass is 10.4. The van der Waals surface area contributed by atoms with Gasteiger partial charge in [-0.1, -0.05) is 6.92 Å². The van der Waals surface area contributed by atoms with Crippen molar-refractivity contribution in [3.05, 3.63) is 0 Å². The van der Waals surface area contributed by atoms with E-state index in [1.54, 1.807) is 0 Å². The first-order valence-electron chi connectivity index (χ1n) is 3.24. The van der Waals surface area contributed by atoms with Crippen molar-refractivity contribution in [2.45, 2.75) is 25.7 Å². The second kappa shape index (κ2) is 3.15. The van der Waals surface area contributed by atoms with Gasteiger partial charge in [0.1, 0.15) is 6.10 Å². The SMILES string of the molecule is CCC1OC[C@H](CO)O1. The highest BCUT2D eigenvalue weighted by Crippen LogP contribution is 2.12. The third kappa shape index (κ3) is 1.64. The Hall–Kier alpha value is -0.120. The van der Waals surface area contributed by atoms with Crippen molar-refractivity contribution in [2.24, 2.45) is 0 Å². The average molecular weight is 132 g/mol. The first-order chi connectivity index (χ1) is 4.36. The van der Waals surface area contributed by atoms with Crippen molar-refractivity contribution in [1.29, 1.82) is 0 Å². The minimum absolute atomic E-state index is 0.0660. The molecule has 2 atom stereocenters. The first kappa shape index (κ1) is 6.99. The van der Waals surface area contributed by atoms with Crippen molar-refractivity contribution in [3.63, 3.8) is 0 Å². The molecule has 1 saturated heterocycles. The maximum absolute atomic E-state index is 8.57. The molecule has 0 aromatic heterocycles. The summed E-state index contributed by atoms with van der Waals surface area (Å²) in [4.78, 5) is 0. The Morgan fingerprint density at radius 1 is 1.67 bits per heavy atom. The largest absolute Gasteiger partial charge is 0.394 e. The van der Waals surface area contributed by atoms with Crippen LogP contribution in [0.4, 0.5) is 0 Å². The average Bonchev–Trinajstić information content (AvgIpc) is 2.34. The highest BCUT2D eigenvalue weighted by atomic mass is 16.7. The van der Waals surface area contributed by atoms with E-state index in [-0.39, 0.29) is 19.0 Å². The van der Waals surface area contributed by atoms with Crippen LogP contribution in [0.3, 0.4) is 0 Å². The van der Waals surface area contributed by atoms with Crippen LogP contribution < -0.4 is 0 Å². The van der Waals surface area contributed by atoms with Crippen LogP contribution in [0.1, 0.15) is 13.3 Å². The standard InChI is InChI=1S/C6H12O3/c1-2-6-8-4-5(3-7)9-6/h5-7H,2-4H2,1H3/t5-,6?/m0/s1. The zero-order valence-corrected chi connectivity index (χ0v) is 5.54.